The number of benzene rings is 2. The SMILES string of the molecule is Cc1c(C)c(C)c(C(=O)OCC(=O)N[C@H](C)c2ccccc2Cl)c(C)c1C. The Bertz CT molecular complexity index is 860. The molecule has 5 heteroatoms. The Morgan fingerprint density at radius 2 is 1.48 bits per heavy atom. The zero-order chi connectivity index (χ0) is 20.3. The van der Waals surface area contributed by atoms with E-state index in [0.29, 0.717) is 10.6 Å². The fourth-order valence-electron chi connectivity index (χ4n) is 3.20. The predicted molar refractivity (Wildman–Crippen MR) is 108 cm³/mol. The maximum absolute atomic E-state index is 12.6. The molecule has 0 spiro atoms. The van der Waals surface area contributed by atoms with Crippen molar-refractivity contribution >= 4 is 23.5 Å². The number of esters is 1. The minimum atomic E-state index is -0.475. The van der Waals surface area contributed by atoms with Gasteiger partial charge in [-0.2, -0.15) is 0 Å². The Labute approximate surface area is 165 Å². The van der Waals surface area contributed by atoms with Crippen molar-refractivity contribution in [3.05, 3.63) is 68.2 Å². The van der Waals surface area contributed by atoms with Crippen LogP contribution < -0.4 is 5.32 Å². The van der Waals surface area contributed by atoms with Crippen molar-refractivity contribution < 1.29 is 14.3 Å². The van der Waals surface area contributed by atoms with Crippen LogP contribution in [-0.4, -0.2) is 18.5 Å². The second-order valence-corrected chi connectivity index (χ2v) is 7.29. The number of ether oxygens (including phenoxy) is 1. The van der Waals surface area contributed by atoms with Crippen LogP contribution in [0.3, 0.4) is 0 Å². The van der Waals surface area contributed by atoms with Gasteiger partial charge in [0.05, 0.1) is 11.6 Å². The van der Waals surface area contributed by atoms with E-state index in [2.05, 4.69) is 5.32 Å². The van der Waals surface area contributed by atoms with Gasteiger partial charge in [0.15, 0.2) is 6.61 Å². The molecule has 0 saturated carbocycles. The van der Waals surface area contributed by atoms with Crippen molar-refractivity contribution in [2.75, 3.05) is 6.61 Å². The van der Waals surface area contributed by atoms with Crippen LogP contribution in [0.4, 0.5) is 0 Å². The number of carbonyl (C=O) groups excluding carboxylic acids is 2. The first-order valence-electron chi connectivity index (χ1n) is 8.93. The average molecular weight is 388 g/mol. The second-order valence-electron chi connectivity index (χ2n) is 6.89. The molecule has 0 bridgehead atoms. The normalized spacial score (nSPS) is 11.8. The van der Waals surface area contributed by atoms with Gasteiger partial charge in [0, 0.05) is 5.02 Å². The van der Waals surface area contributed by atoms with Gasteiger partial charge in [-0.1, -0.05) is 29.8 Å². The Morgan fingerprint density at radius 3 is 2.04 bits per heavy atom. The molecule has 0 radical (unpaired) electrons. The molecule has 0 aliphatic heterocycles. The molecule has 144 valence electrons. The van der Waals surface area contributed by atoms with Gasteiger partial charge in [0.25, 0.3) is 5.91 Å². The molecule has 0 aromatic heterocycles. The van der Waals surface area contributed by atoms with Crippen LogP contribution in [0.5, 0.6) is 0 Å². The maximum atomic E-state index is 12.6. The largest absolute Gasteiger partial charge is 0.452 e. The van der Waals surface area contributed by atoms with Crippen molar-refractivity contribution in [2.24, 2.45) is 0 Å². The molecule has 0 aliphatic carbocycles. The number of hydrogen-bond donors (Lipinski definition) is 1. The number of nitrogens with one attached hydrogen (secondary N) is 1. The van der Waals surface area contributed by atoms with E-state index in [1.807, 2.05) is 59.7 Å². The average Bonchev–Trinajstić information content (AvgIpc) is 2.63. The predicted octanol–water partition coefficient (Wildman–Crippen LogP) is 4.92. The summed E-state index contributed by atoms with van der Waals surface area (Å²) in [5.74, 6) is -0.844. The highest BCUT2D eigenvalue weighted by atomic mass is 35.5. The van der Waals surface area contributed by atoms with E-state index in [1.165, 1.54) is 5.56 Å². The van der Waals surface area contributed by atoms with Gasteiger partial charge in [-0.05, 0) is 81.0 Å². The molecular weight excluding hydrogens is 362 g/mol. The first-order chi connectivity index (χ1) is 12.6. The van der Waals surface area contributed by atoms with Crippen molar-refractivity contribution in [3.8, 4) is 0 Å². The van der Waals surface area contributed by atoms with Gasteiger partial charge < -0.3 is 10.1 Å². The van der Waals surface area contributed by atoms with Crippen LogP contribution in [0, 0.1) is 34.6 Å². The molecule has 0 unspecified atom stereocenters. The van der Waals surface area contributed by atoms with E-state index in [1.54, 1.807) is 6.07 Å². The minimum Gasteiger partial charge on any atom is -0.452 e. The van der Waals surface area contributed by atoms with E-state index in [9.17, 15) is 9.59 Å². The number of hydrogen-bond acceptors (Lipinski definition) is 3. The molecule has 1 atom stereocenters. The summed E-state index contributed by atoms with van der Waals surface area (Å²) in [6, 6.07) is 7.03. The summed E-state index contributed by atoms with van der Waals surface area (Å²) < 4.78 is 5.28. The summed E-state index contributed by atoms with van der Waals surface area (Å²) in [6.07, 6.45) is 0. The third-order valence-corrected chi connectivity index (χ3v) is 5.63. The van der Waals surface area contributed by atoms with Gasteiger partial charge in [-0.3, -0.25) is 4.79 Å². The Hall–Kier alpha value is -2.33. The first-order valence-corrected chi connectivity index (χ1v) is 9.30. The van der Waals surface area contributed by atoms with Crippen LogP contribution in [0.1, 0.15) is 56.7 Å². The number of halogens is 1. The lowest BCUT2D eigenvalue weighted by Crippen LogP contribution is -2.31. The third kappa shape index (κ3) is 4.51. The van der Waals surface area contributed by atoms with Crippen molar-refractivity contribution in [1.29, 1.82) is 0 Å². The van der Waals surface area contributed by atoms with E-state index in [0.717, 1.165) is 27.8 Å². The molecule has 2 aromatic carbocycles. The summed E-state index contributed by atoms with van der Waals surface area (Å²) in [4.78, 5) is 24.8. The van der Waals surface area contributed by atoms with E-state index < -0.39 is 5.97 Å². The quantitative estimate of drug-likeness (QED) is 0.741. The first kappa shape index (κ1) is 21.0. The highest BCUT2D eigenvalue weighted by Gasteiger charge is 2.21. The lowest BCUT2D eigenvalue weighted by Gasteiger charge is -2.18. The lowest BCUT2D eigenvalue weighted by molar-refractivity contribution is -0.124. The molecule has 0 fully saturated rings. The zero-order valence-electron chi connectivity index (χ0n) is 16.7. The maximum Gasteiger partial charge on any atom is 0.339 e. The zero-order valence-corrected chi connectivity index (χ0v) is 17.5. The number of rotatable bonds is 5. The van der Waals surface area contributed by atoms with Gasteiger partial charge in [-0.25, -0.2) is 4.79 Å². The molecule has 1 amide bonds. The molecule has 27 heavy (non-hydrogen) atoms. The topological polar surface area (TPSA) is 55.4 Å². The van der Waals surface area contributed by atoms with Gasteiger partial charge in [0.2, 0.25) is 0 Å². The van der Waals surface area contributed by atoms with Crippen LogP contribution in [-0.2, 0) is 9.53 Å². The molecule has 2 rings (SSSR count). The molecule has 1 N–H and O–H groups in total. The number of carbonyl (C=O) groups is 2. The summed E-state index contributed by atoms with van der Waals surface area (Å²) in [5, 5.41) is 3.39. The van der Waals surface area contributed by atoms with Gasteiger partial charge >= 0.3 is 5.97 Å². The summed E-state index contributed by atoms with van der Waals surface area (Å²) in [5.41, 5.74) is 6.46. The molecule has 4 nitrogen and oxygen atoms in total. The molecule has 2 aromatic rings. The summed E-state index contributed by atoms with van der Waals surface area (Å²) >= 11 is 6.15. The highest BCUT2D eigenvalue weighted by molar-refractivity contribution is 6.31. The highest BCUT2D eigenvalue weighted by Crippen LogP contribution is 2.26. The standard InChI is InChI=1S/C22H26ClNO3/c1-12-13(2)15(4)21(16(5)14(12)3)22(26)27-11-20(25)24-17(6)18-9-7-8-10-19(18)23/h7-10,17H,11H2,1-6H3,(H,24,25)/t17-/m1/s1. The third-order valence-electron chi connectivity index (χ3n) is 5.29. The van der Waals surface area contributed by atoms with E-state index in [-0.39, 0.29) is 18.6 Å². The smallest absolute Gasteiger partial charge is 0.339 e. The monoisotopic (exact) mass is 387 g/mol. The Kier molecular flexibility index (Phi) is 6.66. The van der Waals surface area contributed by atoms with Gasteiger partial charge in [-0.15, -0.1) is 0 Å². The van der Waals surface area contributed by atoms with E-state index in [4.69, 9.17) is 16.3 Å². The molecule has 0 saturated heterocycles. The van der Waals surface area contributed by atoms with Crippen LogP contribution in [0.2, 0.25) is 5.02 Å². The molecule has 0 aliphatic rings. The van der Waals surface area contributed by atoms with Crippen LogP contribution >= 0.6 is 11.6 Å². The molecule has 0 heterocycles. The van der Waals surface area contributed by atoms with E-state index >= 15 is 0 Å². The molecular formula is C22H26ClNO3. The summed E-state index contributed by atoms with van der Waals surface area (Å²) in [7, 11) is 0. The van der Waals surface area contributed by atoms with Crippen LogP contribution in [0.25, 0.3) is 0 Å². The lowest BCUT2D eigenvalue weighted by atomic mass is 9.90. The summed E-state index contributed by atoms with van der Waals surface area (Å²) in [6.45, 7) is 11.3. The number of amides is 1. The Balaban J connectivity index is 2.06. The van der Waals surface area contributed by atoms with Crippen molar-refractivity contribution in [1.82, 2.24) is 5.32 Å². The fraction of sp³-hybridized carbons (Fsp3) is 0.364. The Morgan fingerprint density at radius 1 is 0.963 bits per heavy atom. The van der Waals surface area contributed by atoms with Crippen molar-refractivity contribution in [2.45, 2.75) is 47.6 Å². The van der Waals surface area contributed by atoms with Crippen molar-refractivity contribution in [3.63, 3.8) is 0 Å². The van der Waals surface area contributed by atoms with Crippen LogP contribution in [0.15, 0.2) is 24.3 Å². The van der Waals surface area contributed by atoms with Gasteiger partial charge in [0.1, 0.15) is 0 Å². The minimum absolute atomic E-state index is 0.280. The second kappa shape index (κ2) is 8.57. The fourth-order valence-corrected chi connectivity index (χ4v) is 3.50.